The van der Waals surface area contributed by atoms with Gasteiger partial charge in [0.2, 0.25) is 0 Å². The predicted molar refractivity (Wildman–Crippen MR) is 63.6 cm³/mol. The molecule has 2 N–H and O–H groups in total. The minimum atomic E-state index is 0.128. The second kappa shape index (κ2) is 4.41. The van der Waals surface area contributed by atoms with Crippen LogP contribution in [0.5, 0.6) is 0 Å². The van der Waals surface area contributed by atoms with Crippen LogP contribution in [0.2, 0.25) is 0 Å². The third kappa shape index (κ3) is 2.00. The Morgan fingerprint density at radius 2 is 2.13 bits per heavy atom. The van der Waals surface area contributed by atoms with E-state index in [0.29, 0.717) is 0 Å². The topological polar surface area (TPSA) is 38.9 Å². The lowest BCUT2D eigenvalue weighted by atomic mass is 9.99. The fraction of sp³-hybridized carbons (Fsp3) is 0.308. The average molecular weight is 200 g/mol. The van der Waals surface area contributed by atoms with Crippen LogP contribution in [-0.4, -0.2) is 4.98 Å². The van der Waals surface area contributed by atoms with Crippen LogP contribution in [0.4, 0.5) is 0 Å². The fourth-order valence-corrected chi connectivity index (χ4v) is 1.92. The Hall–Kier alpha value is -1.41. The Balaban J connectivity index is 2.50. The second-order valence-electron chi connectivity index (χ2n) is 3.81. The molecule has 0 saturated carbocycles. The standard InChI is InChI=1S/C13H16N2/c1-2-5-12(14)10-6-3-8-13-11(10)7-4-9-15-13/h3-4,6-9,12H,2,5,14H2,1H3/t12-/m1/s1. The molecule has 0 aliphatic rings. The van der Waals surface area contributed by atoms with Crippen molar-refractivity contribution in [1.82, 2.24) is 4.98 Å². The third-order valence-corrected chi connectivity index (χ3v) is 2.68. The molecule has 0 unspecified atom stereocenters. The number of hydrogen-bond donors (Lipinski definition) is 1. The number of benzene rings is 1. The van der Waals surface area contributed by atoms with Gasteiger partial charge in [0.05, 0.1) is 5.52 Å². The van der Waals surface area contributed by atoms with Crippen molar-refractivity contribution in [3.8, 4) is 0 Å². The molecule has 1 aromatic carbocycles. The Bertz CT molecular complexity index is 446. The summed E-state index contributed by atoms with van der Waals surface area (Å²) < 4.78 is 0. The maximum absolute atomic E-state index is 6.14. The van der Waals surface area contributed by atoms with Crippen molar-refractivity contribution >= 4 is 10.9 Å². The van der Waals surface area contributed by atoms with Gasteiger partial charge in [-0.1, -0.05) is 31.5 Å². The van der Waals surface area contributed by atoms with Gasteiger partial charge in [0.15, 0.2) is 0 Å². The smallest absolute Gasteiger partial charge is 0.0705 e. The molecule has 0 saturated heterocycles. The van der Waals surface area contributed by atoms with Crippen molar-refractivity contribution in [2.75, 3.05) is 0 Å². The zero-order valence-corrected chi connectivity index (χ0v) is 8.98. The minimum absolute atomic E-state index is 0.128. The molecule has 0 spiro atoms. The van der Waals surface area contributed by atoms with E-state index in [1.165, 1.54) is 10.9 Å². The Morgan fingerprint density at radius 3 is 2.93 bits per heavy atom. The zero-order valence-electron chi connectivity index (χ0n) is 8.98. The minimum Gasteiger partial charge on any atom is -0.324 e. The van der Waals surface area contributed by atoms with Crippen LogP contribution in [0.25, 0.3) is 10.9 Å². The lowest BCUT2D eigenvalue weighted by Gasteiger charge is -2.13. The van der Waals surface area contributed by atoms with E-state index in [1.807, 2.05) is 24.4 Å². The molecule has 1 aromatic heterocycles. The molecule has 15 heavy (non-hydrogen) atoms. The summed E-state index contributed by atoms with van der Waals surface area (Å²) in [5, 5.41) is 1.18. The number of aromatic nitrogens is 1. The summed E-state index contributed by atoms with van der Waals surface area (Å²) in [5.41, 5.74) is 8.38. The number of nitrogens with zero attached hydrogens (tertiary/aromatic N) is 1. The van der Waals surface area contributed by atoms with Crippen molar-refractivity contribution in [2.24, 2.45) is 5.73 Å². The molecule has 0 amide bonds. The maximum Gasteiger partial charge on any atom is 0.0705 e. The second-order valence-corrected chi connectivity index (χ2v) is 3.81. The lowest BCUT2D eigenvalue weighted by molar-refractivity contribution is 0.642. The molecule has 2 heteroatoms. The van der Waals surface area contributed by atoms with Gasteiger partial charge in [-0.05, 0) is 24.1 Å². The summed E-state index contributed by atoms with van der Waals surface area (Å²) in [6, 6.07) is 10.3. The molecule has 2 rings (SSSR count). The van der Waals surface area contributed by atoms with Crippen LogP contribution in [-0.2, 0) is 0 Å². The first-order valence-corrected chi connectivity index (χ1v) is 5.42. The highest BCUT2D eigenvalue weighted by Crippen LogP contribution is 2.23. The summed E-state index contributed by atoms with van der Waals surface area (Å²) in [7, 11) is 0. The lowest BCUT2D eigenvalue weighted by Crippen LogP contribution is -2.10. The van der Waals surface area contributed by atoms with Crippen LogP contribution in [0.1, 0.15) is 31.4 Å². The van der Waals surface area contributed by atoms with Crippen molar-refractivity contribution in [2.45, 2.75) is 25.8 Å². The highest BCUT2D eigenvalue weighted by Gasteiger charge is 2.08. The van der Waals surface area contributed by atoms with Crippen LogP contribution in [0.15, 0.2) is 36.5 Å². The summed E-state index contributed by atoms with van der Waals surface area (Å²) in [6.07, 6.45) is 3.95. The average Bonchev–Trinajstić information content (AvgIpc) is 2.28. The van der Waals surface area contributed by atoms with Crippen LogP contribution in [0.3, 0.4) is 0 Å². The predicted octanol–water partition coefficient (Wildman–Crippen LogP) is 3.03. The summed E-state index contributed by atoms with van der Waals surface area (Å²) in [5.74, 6) is 0. The van der Waals surface area contributed by atoms with Gasteiger partial charge in [-0.2, -0.15) is 0 Å². The van der Waals surface area contributed by atoms with E-state index in [-0.39, 0.29) is 6.04 Å². The van der Waals surface area contributed by atoms with Gasteiger partial charge in [0.25, 0.3) is 0 Å². The van der Waals surface area contributed by atoms with E-state index >= 15 is 0 Å². The van der Waals surface area contributed by atoms with Gasteiger partial charge < -0.3 is 5.73 Å². The Morgan fingerprint density at radius 1 is 1.27 bits per heavy atom. The highest BCUT2D eigenvalue weighted by atomic mass is 14.7. The molecule has 0 radical (unpaired) electrons. The van der Waals surface area contributed by atoms with Gasteiger partial charge in [-0.3, -0.25) is 4.98 Å². The number of nitrogens with two attached hydrogens (primary N) is 1. The summed E-state index contributed by atoms with van der Waals surface area (Å²) in [6.45, 7) is 2.16. The first-order chi connectivity index (χ1) is 7.33. The number of fused-ring (bicyclic) bond motifs is 1. The molecule has 0 bridgehead atoms. The molecule has 1 atom stereocenters. The van der Waals surface area contributed by atoms with Crippen molar-refractivity contribution in [3.63, 3.8) is 0 Å². The van der Waals surface area contributed by atoms with Crippen LogP contribution in [0, 0.1) is 0 Å². The molecular weight excluding hydrogens is 184 g/mol. The summed E-state index contributed by atoms with van der Waals surface area (Å²) in [4.78, 5) is 4.33. The zero-order chi connectivity index (χ0) is 10.7. The van der Waals surface area contributed by atoms with Crippen molar-refractivity contribution in [3.05, 3.63) is 42.1 Å². The third-order valence-electron chi connectivity index (χ3n) is 2.68. The first kappa shape index (κ1) is 10.1. The van der Waals surface area contributed by atoms with Crippen LogP contribution < -0.4 is 5.73 Å². The van der Waals surface area contributed by atoms with E-state index in [0.717, 1.165) is 18.4 Å². The number of pyridine rings is 1. The Kier molecular flexibility index (Phi) is 2.97. The van der Waals surface area contributed by atoms with Crippen molar-refractivity contribution < 1.29 is 0 Å². The fourth-order valence-electron chi connectivity index (χ4n) is 1.92. The van der Waals surface area contributed by atoms with Gasteiger partial charge in [-0.15, -0.1) is 0 Å². The SMILES string of the molecule is CCC[C@@H](N)c1cccc2ncccc12. The Labute approximate surface area is 90.1 Å². The molecule has 0 aliphatic carbocycles. The van der Waals surface area contributed by atoms with E-state index in [9.17, 15) is 0 Å². The van der Waals surface area contributed by atoms with Gasteiger partial charge >= 0.3 is 0 Å². The molecule has 1 heterocycles. The van der Waals surface area contributed by atoms with E-state index in [2.05, 4.69) is 24.0 Å². The van der Waals surface area contributed by atoms with Gasteiger partial charge in [-0.25, -0.2) is 0 Å². The van der Waals surface area contributed by atoms with Crippen molar-refractivity contribution in [1.29, 1.82) is 0 Å². The van der Waals surface area contributed by atoms with E-state index in [1.54, 1.807) is 0 Å². The quantitative estimate of drug-likeness (QED) is 0.827. The summed E-state index contributed by atoms with van der Waals surface area (Å²) >= 11 is 0. The first-order valence-electron chi connectivity index (χ1n) is 5.42. The maximum atomic E-state index is 6.14. The van der Waals surface area contributed by atoms with Gasteiger partial charge in [0, 0.05) is 17.6 Å². The van der Waals surface area contributed by atoms with E-state index in [4.69, 9.17) is 5.73 Å². The molecule has 2 aromatic rings. The van der Waals surface area contributed by atoms with E-state index < -0.39 is 0 Å². The molecular formula is C13H16N2. The normalized spacial score (nSPS) is 12.9. The molecule has 2 nitrogen and oxygen atoms in total. The van der Waals surface area contributed by atoms with Gasteiger partial charge in [0.1, 0.15) is 0 Å². The molecule has 0 aliphatic heterocycles. The number of rotatable bonds is 3. The monoisotopic (exact) mass is 200 g/mol. The molecule has 0 fully saturated rings. The van der Waals surface area contributed by atoms with Crippen LogP contribution >= 0.6 is 0 Å². The highest BCUT2D eigenvalue weighted by molar-refractivity contribution is 5.82. The largest absolute Gasteiger partial charge is 0.324 e. The molecule has 78 valence electrons. The number of hydrogen-bond acceptors (Lipinski definition) is 2.